The lowest BCUT2D eigenvalue weighted by Crippen LogP contribution is -2.32. The number of sulfonamides is 1. The van der Waals surface area contributed by atoms with Gasteiger partial charge < -0.3 is 5.43 Å². The van der Waals surface area contributed by atoms with Gasteiger partial charge in [0.05, 0.1) is 23.0 Å². The summed E-state index contributed by atoms with van der Waals surface area (Å²) in [5.41, 5.74) is 5.54. The zero-order valence-electron chi connectivity index (χ0n) is 12.9. The van der Waals surface area contributed by atoms with E-state index >= 15 is 0 Å². The van der Waals surface area contributed by atoms with E-state index in [9.17, 15) is 26.4 Å². The van der Waals surface area contributed by atoms with Crippen molar-refractivity contribution in [3.05, 3.63) is 24.3 Å². The highest BCUT2D eigenvalue weighted by molar-refractivity contribution is 7.89. The molecule has 0 aliphatic carbocycles. The second-order valence-electron chi connectivity index (χ2n) is 5.75. The molecule has 0 spiro atoms. The van der Waals surface area contributed by atoms with Gasteiger partial charge in [-0.05, 0) is 30.7 Å². The summed E-state index contributed by atoms with van der Waals surface area (Å²) in [5.74, 6) is -1.75. The molecule has 1 atom stereocenters. The molecule has 0 saturated carbocycles. The van der Waals surface area contributed by atoms with Gasteiger partial charge in [-0.1, -0.05) is 0 Å². The van der Waals surface area contributed by atoms with Gasteiger partial charge in [0, 0.05) is 13.1 Å². The molecule has 2 fully saturated rings. The molecular weight excluding hydrogens is 361 g/mol. The molecule has 1 aromatic carbocycles. The van der Waals surface area contributed by atoms with Crippen LogP contribution in [-0.4, -0.2) is 50.2 Å². The third-order valence-electron chi connectivity index (χ3n) is 4.05. The molecule has 3 rings (SSSR count). The van der Waals surface area contributed by atoms with Gasteiger partial charge in [-0.15, -0.1) is 0 Å². The van der Waals surface area contributed by atoms with Crippen LogP contribution in [0.2, 0.25) is 0 Å². The van der Waals surface area contributed by atoms with Crippen molar-refractivity contribution in [3.63, 3.8) is 0 Å². The quantitative estimate of drug-likeness (QED) is 0.820. The van der Waals surface area contributed by atoms with Gasteiger partial charge in [-0.2, -0.15) is 17.5 Å². The third kappa shape index (κ3) is 3.67. The third-order valence-corrected chi connectivity index (χ3v) is 5.93. The summed E-state index contributed by atoms with van der Waals surface area (Å²) in [6.07, 6.45) is -4.64. The van der Waals surface area contributed by atoms with Crippen molar-refractivity contribution in [1.82, 2.24) is 15.2 Å². The molecule has 1 unspecified atom stereocenters. The van der Waals surface area contributed by atoms with Crippen molar-refractivity contribution in [3.8, 4) is 0 Å². The molecule has 0 aromatic heterocycles. The molecule has 2 aliphatic rings. The molecule has 136 valence electrons. The second-order valence-corrected chi connectivity index (χ2v) is 7.68. The highest BCUT2D eigenvalue weighted by atomic mass is 32.2. The molecule has 0 bridgehead atoms. The number of carbonyl (C=O) groups is 1. The maximum Gasteiger partial charge on any atom is 0.393 e. The number of carbonyl (C=O) groups excluding carboxylic acids is 1. The van der Waals surface area contributed by atoms with Crippen molar-refractivity contribution in [1.29, 1.82) is 0 Å². The van der Waals surface area contributed by atoms with Gasteiger partial charge in [0.2, 0.25) is 15.8 Å². The van der Waals surface area contributed by atoms with E-state index in [0.717, 1.165) is 4.31 Å². The highest BCUT2D eigenvalue weighted by Gasteiger charge is 2.46. The minimum absolute atomic E-state index is 0.108. The average molecular weight is 376 g/mol. The highest BCUT2D eigenvalue weighted by Crippen LogP contribution is 2.35. The van der Waals surface area contributed by atoms with Gasteiger partial charge in [-0.3, -0.25) is 4.79 Å². The van der Waals surface area contributed by atoms with Crippen LogP contribution < -0.4 is 10.9 Å². The first-order valence-corrected chi connectivity index (χ1v) is 8.89. The Morgan fingerprint density at radius 3 is 2.40 bits per heavy atom. The lowest BCUT2D eigenvalue weighted by Gasteiger charge is -2.18. The fourth-order valence-corrected chi connectivity index (χ4v) is 4.14. The standard InChI is InChI=1S/C14H15F3N4O3S/c15-14(16,17)9-5-6-21(8-9)25(23,24)11-3-1-10(2-4-11)19-13-12(22)7-18-20-13/h1-4,9,18H,5-8H2,(H,19,20). The van der Waals surface area contributed by atoms with Crippen molar-refractivity contribution >= 4 is 27.3 Å². The van der Waals surface area contributed by atoms with Gasteiger partial charge >= 0.3 is 6.18 Å². The molecule has 0 amide bonds. The molecular formula is C14H15F3N4O3S. The number of ketones is 1. The van der Waals surface area contributed by atoms with Crippen molar-refractivity contribution in [2.45, 2.75) is 17.5 Å². The summed E-state index contributed by atoms with van der Waals surface area (Å²) in [5, 5.41) is 0. The Bertz CT molecular complexity index is 806. The van der Waals surface area contributed by atoms with Crippen molar-refractivity contribution in [2.24, 2.45) is 10.9 Å². The number of benzene rings is 1. The zero-order chi connectivity index (χ0) is 18.2. The van der Waals surface area contributed by atoms with E-state index in [-0.39, 0.29) is 36.0 Å². The van der Waals surface area contributed by atoms with Crippen LogP contribution in [0.1, 0.15) is 6.42 Å². The van der Waals surface area contributed by atoms with Gasteiger partial charge in [0.15, 0.2) is 5.84 Å². The molecule has 2 saturated heterocycles. The smallest absolute Gasteiger partial charge is 0.302 e. The Hall–Kier alpha value is -1.98. The monoisotopic (exact) mass is 376 g/mol. The van der Waals surface area contributed by atoms with Crippen molar-refractivity contribution in [2.75, 3.05) is 19.6 Å². The van der Waals surface area contributed by atoms with Gasteiger partial charge in [0.25, 0.3) is 0 Å². The first-order valence-electron chi connectivity index (χ1n) is 7.45. The van der Waals surface area contributed by atoms with E-state index in [1.165, 1.54) is 24.3 Å². The topological polar surface area (TPSA) is 90.9 Å². The minimum Gasteiger partial charge on any atom is -0.302 e. The number of Topliss-reactive ketones (excluding diaryl/α,β-unsaturated/α-hetero) is 1. The summed E-state index contributed by atoms with van der Waals surface area (Å²) in [6.45, 7) is -0.624. The number of hydrogen-bond donors (Lipinski definition) is 2. The number of rotatable bonds is 3. The molecule has 11 heteroatoms. The Morgan fingerprint density at radius 2 is 1.88 bits per heavy atom. The van der Waals surface area contributed by atoms with E-state index in [1.54, 1.807) is 0 Å². The number of nitrogens with one attached hydrogen (secondary N) is 2. The first-order chi connectivity index (χ1) is 11.7. The fraction of sp³-hybridized carbons (Fsp3) is 0.429. The zero-order valence-corrected chi connectivity index (χ0v) is 13.7. The van der Waals surface area contributed by atoms with Crippen LogP contribution in [0, 0.1) is 5.92 Å². The molecule has 0 radical (unpaired) electrons. The van der Waals surface area contributed by atoms with Crippen LogP contribution in [-0.2, 0) is 14.8 Å². The summed E-state index contributed by atoms with van der Waals surface area (Å²) in [6, 6.07) is 5.32. The number of hydrogen-bond acceptors (Lipinski definition) is 5. The number of amidine groups is 1. The summed E-state index contributed by atoms with van der Waals surface area (Å²) in [7, 11) is -4.00. The van der Waals surface area contributed by atoms with Gasteiger partial charge in [0.1, 0.15) is 0 Å². The Labute approximate surface area is 141 Å². The Balaban J connectivity index is 1.76. The molecule has 2 N–H and O–H groups in total. The Morgan fingerprint density at radius 1 is 1.20 bits per heavy atom. The minimum atomic E-state index is -4.40. The van der Waals surface area contributed by atoms with Crippen molar-refractivity contribution < 1.29 is 26.4 Å². The number of alkyl halides is 3. The van der Waals surface area contributed by atoms with E-state index in [2.05, 4.69) is 15.8 Å². The lowest BCUT2D eigenvalue weighted by molar-refractivity contribution is -0.169. The molecule has 2 aliphatic heterocycles. The summed E-state index contributed by atoms with van der Waals surface area (Å²) in [4.78, 5) is 15.4. The normalized spacial score (nSPS) is 24.0. The second kappa shape index (κ2) is 6.39. The van der Waals surface area contributed by atoms with Crippen LogP contribution >= 0.6 is 0 Å². The number of halogens is 3. The summed E-state index contributed by atoms with van der Waals surface area (Å²) < 4.78 is 64.0. The van der Waals surface area contributed by atoms with Crippen LogP contribution in [0.15, 0.2) is 34.2 Å². The maximum absolute atomic E-state index is 12.7. The predicted molar refractivity (Wildman–Crippen MR) is 82.6 cm³/mol. The van der Waals surface area contributed by atoms with E-state index < -0.39 is 28.7 Å². The number of aliphatic imine (C=N–C) groups is 1. The lowest BCUT2D eigenvalue weighted by atomic mass is 10.1. The average Bonchev–Trinajstić information content (AvgIpc) is 3.18. The molecule has 7 nitrogen and oxygen atoms in total. The SMILES string of the molecule is O=C1CNNC1=Nc1ccc(S(=O)(=O)N2CCC(C(F)(F)F)C2)cc1. The predicted octanol–water partition coefficient (Wildman–Crippen LogP) is 0.966. The first kappa shape index (κ1) is 17.8. The largest absolute Gasteiger partial charge is 0.393 e. The molecule has 2 heterocycles. The van der Waals surface area contributed by atoms with E-state index in [0.29, 0.717) is 5.69 Å². The van der Waals surface area contributed by atoms with Gasteiger partial charge in [-0.25, -0.2) is 18.8 Å². The maximum atomic E-state index is 12.7. The van der Waals surface area contributed by atoms with Crippen LogP contribution in [0.25, 0.3) is 0 Å². The fourth-order valence-electron chi connectivity index (χ4n) is 2.64. The van der Waals surface area contributed by atoms with E-state index in [1.807, 2.05) is 0 Å². The Kier molecular flexibility index (Phi) is 4.56. The summed E-state index contributed by atoms with van der Waals surface area (Å²) >= 11 is 0. The van der Waals surface area contributed by atoms with Crippen LogP contribution in [0.4, 0.5) is 18.9 Å². The van der Waals surface area contributed by atoms with Crippen LogP contribution in [0.5, 0.6) is 0 Å². The van der Waals surface area contributed by atoms with Crippen LogP contribution in [0.3, 0.4) is 0 Å². The number of hydrazine groups is 1. The number of nitrogens with zero attached hydrogens (tertiary/aromatic N) is 2. The molecule has 1 aromatic rings. The molecule has 25 heavy (non-hydrogen) atoms. The van der Waals surface area contributed by atoms with E-state index in [4.69, 9.17) is 0 Å².